The number of hydrogen-bond donors (Lipinski definition) is 2. The van der Waals surface area contributed by atoms with E-state index in [-0.39, 0.29) is 6.42 Å². The van der Waals surface area contributed by atoms with E-state index in [2.05, 4.69) is 31.2 Å². The molecule has 0 saturated carbocycles. The molecule has 0 aliphatic rings. The molecule has 4 nitrogen and oxygen atoms in total. The van der Waals surface area contributed by atoms with E-state index in [0.29, 0.717) is 4.88 Å². The second kappa shape index (κ2) is 9.00. The van der Waals surface area contributed by atoms with Crippen LogP contribution in [0.15, 0.2) is 53.9 Å². The van der Waals surface area contributed by atoms with E-state index in [1.165, 1.54) is 11.3 Å². The summed E-state index contributed by atoms with van der Waals surface area (Å²) in [7, 11) is 0. The zero-order valence-electron chi connectivity index (χ0n) is 17.2. The van der Waals surface area contributed by atoms with Crippen molar-refractivity contribution in [1.29, 1.82) is 0 Å². The third kappa shape index (κ3) is 4.47. The molecule has 5 heterocycles. The van der Waals surface area contributed by atoms with Gasteiger partial charge < -0.3 is 10.2 Å². The Bertz CT molecular complexity index is 1460. The van der Waals surface area contributed by atoms with Gasteiger partial charge in [-0.25, -0.2) is 4.79 Å². The molecule has 0 radical (unpaired) electrons. The molecule has 166 valence electrons. The Hall–Kier alpha value is -2.56. The molecule has 0 aliphatic carbocycles. The van der Waals surface area contributed by atoms with Gasteiger partial charge in [-0.1, -0.05) is 6.07 Å². The molecule has 0 amide bonds. The molecule has 9 heteroatoms. The molecular weight excluding hydrogens is 513 g/mol. The van der Waals surface area contributed by atoms with Crippen LogP contribution in [0.4, 0.5) is 0 Å². The van der Waals surface area contributed by atoms with Crippen LogP contribution in [0, 0.1) is 6.92 Å². The number of rotatable bonds is 7. The van der Waals surface area contributed by atoms with Crippen molar-refractivity contribution < 1.29 is 19.8 Å². The monoisotopic (exact) mass is 528 g/mol. The Morgan fingerprint density at radius 3 is 2.12 bits per heavy atom. The van der Waals surface area contributed by atoms with Crippen molar-refractivity contribution in [2.45, 2.75) is 13.3 Å². The molecule has 33 heavy (non-hydrogen) atoms. The fraction of sp³-hybridized carbons (Fsp3) is 0.0833. The maximum atomic E-state index is 11.5. The molecule has 2 N–H and O–H groups in total. The molecule has 0 bridgehead atoms. The van der Waals surface area contributed by atoms with Crippen LogP contribution in [0.3, 0.4) is 0 Å². The van der Waals surface area contributed by atoms with Crippen molar-refractivity contribution in [3.8, 4) is 39.0 Å². The lowest BCUT2D eigenvalue weighted by Gasteiger charge is -1.98. The van der Waals surface area contributed by atoms with Crippen LogP contribution in [0.2, 0.25) is 0 Å². The van der Waals surface area contributed by atoms with Crippen molar-refractivity contribution in [1.82, 2.24) is 0 Å². The normalized spacial score (nSPS) is 11.2. The molecule has 0 saturated heterocycles. The van der Waals surface area contributed by atoms with Crippen LogP contribution in [0.25, 0.3) is 39.0 Å². The minimum Gasteiger partial charge on any atom is -0.481 e. The fourth-order valence-electron chi connectivity index (χ4n) is 3.49. The van der Waals surface area contributed by atoms with E-state index in [0.717, 1.165) is 50.1 Å². The van der Waals surface area contributed by atoms with Gasteiger partial charge in [0.15, 0.2) is 0 Å². The summed E-state index contributed by atoms with van der Waals surface area (Å²) >= 11 is 7.90. The highest BCUT2D eigenvalue weighted by Gasteiger charge is 2.19. The van der Waals surface area contributed by atoms with Gasteiger partial charge in [0.2, 0.25) is 0 Å². The molecule has 0 unspecified atom stereocenters. The predicted molar refractivity (Wildman–Crippen MR) is 141 cm³/mol. The van der Waals surface area contributed by atoms with Gasteiger partial charge in [0.1, 0.15) is 4.88 Å². The molecular formula is C24H16O4S5. The van der Waals surface area contributed by atoms with Crippen molar-refractivity contribution in [2.75, 3.05) is 0 Å². The number of thiophene rings is 5. The Labute approximate surface area is 209 Å². The first-order valence-electron chi connectivity index (χ1n) is 9.82. The minimum absolute atomic E-state index is 0.00307. The lowest BCUT2D eigenvalue weighted by atomic mass is 10.1. The summed E-state index contributed by atoms with van der Waals surface area (Å²) in [4.78, 5) is 31.6. The van der Waals surface area contributed by atoms with Crippen LogP contribution in [-0.4, -0.2) is 22.2 Å². The molecule has 0 fully saturated rings. The molecule has 0 aliphatic heterocycles. The number of carboxylic acid groups (broad SMARTS) is 2. The summed E-state index contributed by atoms with van der Waals surface area (Å²) in [5.41, 5.74) is 1.98. The highest BCUT2D eigenvalue weighted by molar-refractivity contribution is 7.29. The van der Waals surface area contributed by atoms with E-state index >= 15 is 0 Å². The van der Waals surface area contributed by atoms with Gasteiger partial charge >= 0.3 is 11.9 Å². The molecule has 0 spiro atoms. The van der Waals surface area contributed by atoms with Crippen molar-refractivity contribution in [2.24, 2.45) is 0 Å². The average Bonchev–Trinajstić information content (AvgIpc) is 3.55. The Balaban J connectivity index is 1.50. The highest BCUT2D eigenvalue weighted by atomic mass is 32.1. The number of aliphatic carboxylic acids is 1. The lowest BCUT2D eigenvalue weighted by Crippen LogP contribution is -1.99. The highest BCUT2D eigenvalue weighted by Crippen LogP contribution is 2.47. The van der Waals surface area contributed by atoms with Gasteiger partial charge in [0.05, 0.1) is 6.42 Å². The Morgan fingerprint density at radius 1 is 0.758 bits per heavy atom. The second-order valence-electron chi connectivity index (χ2n) is 7.27. The first kappa shape index (κ1) is 22.2. The molecule has 5 rings (SSSR count). The van der Waals surface area contributed by atoms with E-state index in [1.54, 1.807) is 51.4 Å². The molecule has 0 aromatic carbocycles. The zero-order chi connectivity index (χ0) is 23.1. The Kier molecular flexibility index (Phi) is 6.07. The van der Waals surface area contributed by atoms with Gasteiger partial charge in [-0.3, -0.25) is 4.79 Å². The number of carboxylic acids is 2. The van der Waals surface area contributed by atoms with Gasteiger partial charge in [0, 0.05) is 39.0 Å². The van der Waals surface area contributed by atoms with Gasteiger partial charge in [-0.15, -0.1) is 56.7 Å². The van der Waals surface area contributed by atoms with Crippen molar-refractivity contribution in [3.63, 3.8) is 0 Å². The average molecular weight is 529 g/mol. The number of aryl methyl sites for hydroxylation is 1. The summed E-state index contributed by atoms with van der Waals surface area (Å²) in [6.07, 6.45) is -0.00307. The summed E-state index contributed by atoms with van der Waals surface area (Å²) in [5, 5.41) is 20.7. The number of hydrogen-bond acceptors (Lipinski definition) is 7. The second-order valence-corrected chi connectivity index (χ2v) is 12.5. The minimum atomic E-state index is -0.905. The molecule has 5 aromatic heterocycles. The summed E-state index contributed by atoms with van der Waals surface area (Å²) in [5.74, 6) is -1.74. The van der Waals surface area contributed by atoms with Gasteiger partial charge in [-0.2, -0.15) is 0 Å². The number of carbonyl (C=O) groups is 2. The summed E-state index contributed by atoms with van der Waals surface area (Å²) in [6, 6.07) is 15.8. The summed E-state index contributed by atoms with van der Waals surface area (Å²) < 4.78 is 0. The third-order valence-electron chi connectivity index (χ3n) is 4.95. The van der Waals surface area contributed by atoms with E-state index in [1.807, 2.05) is 23.6 Å². The lowest BCUT2D eigenvalue weighted by molar-refractivity contribution is -0.136. The van der Waals surface area contributed by atoms with Crippen LogP contribution >= 0.6 is 56.7 Å². The van der Waals surface area contributed by atoms with E-state index in [4.69, 9.17) is 0 Å². The first-order valence-corrected chi connectivity index (χ1v) is 14.0. The zero-order valence-corrected chi connectivity index (χ0v) is 21.2. The summed E-state index contributed by atoms with van der Waals surface area (Å²) in [6.45, 7) is 2.07. The maximum absolute atomic E-state index is 11.5. The van der Waals surface area contributed by atoms with Gasteiger partial charge in [0.25, 0.3) is 0 Å². The topological polar surface area (TPSA) is 74.6 Å². The van der Waals surface area contributed by atoms with Crippen LogP contribution < -0.4 is 0 Å². The van der Waals surface area contributed by atoms with E-state index < -0.39 is 11.9 Å². The van der Waals surface area contributed by atoms with Crippen molar-refractivity contribution in [3.05, 3.63) is 69.9 Å². The maximum Gasteiger partial charge on any atom is 0.345 e. The third-order valence-corrected chi connectivity index (χ3v) is 11.1. The predicted octanol–water partition coefficient (Wildman–Crippen LogP) is 8.30. The number of aromatic carboxylic acids is 1. The largest absolute Gasteiger partial charge is 0.481 e. The van der Waals surface area contributed by atoms with Crippen LogP contribution in [0.1, 0.15) is 20.8 Å². The van der Waals surface area contributed by atoms with Crippen LogP contribution in [0.5, 0.6) is 0 Å². The van der Waals surface area contributed by atoms with Crippen LogP contribution in [-0.2, 0) is 11.2 Å². The smallest absolute Gasteiger partial charge is 0.345 e. The Morgan fingerprint density at radius 2 is 1.45 bits per heavy atom. The molecule has 0 atom stereocenters. The van der Waals surface area contributed by atoms with Crippen molar-refractivity contribution >= 4 is 68.6 Å². The first-order chi connectivity index (χ1) is 15.9. The SMILES string of the molecule is Cc1cc(-c2ccc(C(=O)O)s2)sc1-c1ccc(-c2sc(-c3cccs3)cc2CC(=O)O)s1. The van der Waals surface area contributed by atoms with E-state index in [9.17, 15) is 19.8 Å². The standard InChI is InChI=1S/C24H16O4S5/c1-12-9-19(15-4-7-18(30-15)24(27)28)32-22(12)16-5-6-17(31-16)23-13(11-21(25)26)10-20(33-23)14-3-2-8-29-14/h2-10H,11H2,1H3,(H,25,26)(H,27,28). The quantitative estimate of drug-likeness (QED) is 0.223. The fourth-order valence-corrected chi connectivity index (χ4v) is 8.92. The molecule has 5 aromatic rings. The van der Waals surface area contributed by atoms with Gasteiger partial charge in [-0.05, 0) is 65.9 Å².